The second-order valence-electron chi connectivity index (χ2n) is 12.0. The molecule has 1 fully saturated rings. The molecule has 3 atom stereocenters. The molecule has 0 aliphatic heterocycles. The summed E-state index contributed by atoms with van der Waals surface area (Å²) in [7, 11) is 4.19. The van der Waals surface area contributed by atoms with Crippen molar-refractivity contribution < 1.29 is 9.90 Å². The van der Waals surface area contributed by atoms with Crippen LogP contribution in [0.4, 0.5) is 0 Å². The number of aliphatic hydroxyl groups is 1. The number of hydrogen-bond donors (Lipinski definition) is 1. The third kappa shape index (κ3) is 5.44. The SMILES string of the molecule is Cc1ccc(CN(CCN(C)C)CC(O)C23CCC(C)(C)C(C)C2=C(C(C)C)C(=O)C3)cc1. The van der Waals surface area contributed by atoms with Gasteiger partial charge in [-0.25, -0.2) is 0 Å². The van der Waals surface area contributed by atoms with Gasteiger partial charge in [0.25, 0.3) is 0 Å². The summed E-state index contributed by atoms with van der Waals surface area (Å²) in [4.78, 5) is 17.9. The largest absolute Gasteiger partial charge is 0.391 e. The quantitative estimate of drug-likeness (QED) is 0.565. The van der Waals surface area contributed by atoms with Gasteiger partial charge in [0.05, 0.1) is 6.10 Å². The van der Waals surface area contributed by atoms with Crippen molar-refractivity contribution in [2.75, 3.05) is 33.7 Å². The fourth-order valence-corrected chi connectivity index (χ4v) is 5.98. The van der Waals surface area contributed by atoms with Crippen molar-refractivity contribution in [1.82, 2.24) is 9.80 Å². The van der Waals surface area contributed by atoms with Gasteiger partial charge in [-0.3, -0.25) is 9.69 Å². The van der Waals surface area contributed by atoms with Gasteiger partial charge >= 0.3 is 0 Å². The van der Waals surface area contributed by atoms with E-state index < -0.39 is 11.5 Å². The lowest BCUT2D eigenvalue weighted by molar-refractivity contribution is -0.118. The molecule has 0 spiro atoms. The van der Waals surface area contributed by atoms with Gasteiger partial charge in [-0.05, 0) is 62.2 Å². The van der Waals surface area contributed by atoms with Crippen LogP contribution in [0.1, 0.15) is 65.0 Å². The van der Waals surface area contributed by atoms with E-state index in [9.17, 15) is 9.90 Å². The van der Waals surface area contributed by atoms with Crippen LogP contribution < -0.4 is 0 Å². The predicted octanol–water partition coefficient (Wildman–Crippen LogP) is 5.09. The third-order valence-corrected chi connectivity index (χ3v) is 8.46. The van der Waals surface area contributed by atoms with Crippen molar-refractivity contribution in [2.24, 2.45) is 22.7 Å². The van der Waals surface area contributed by atoms with Gasteiger partial charge in [0.15, 0.2) is 5.78 Å². The van der Waals surface area contributed by atoms with E-state index in [0.717, 1.165) is 38.0 Å². The van der Waals surface area contributed by atoms with Gasteiger partial charge in [-0.2, -0.15) is 0 Å². The number of Topliss-reactive ketones (excluding diaryl/α,β-unsaturated/α-hetero) is 1. The molecule has 2 aliphatic rings. The lowest BCUT2D eigenvalue weighted by Gasteiger charge is -2.51. The minimum atomic E-state index is -0.543. The number of allylic oxidation sites excluding steroid dienone is 1. The molecule has 0 amide bonds. The number of likely N-dealkylation sites (N-methyl/N-ethyl adjacent to an activating group) is 1. The summed E-state index contributed by atoms with van der Waals surface area (Å²) in [6, 6.07) is 8.69. The summed E-state index contributed by atoms with van der Waals surface area (Å²) >= 11 is 0. The molecule has 1 aromatic carbocycles. The number of fused-ring (bicyclic) bond motifs is 1. The summed E-state index contributed by atoms with van der Waals surface area (Å²) in [6.45, 7) is 16.5. The van der Waals surface area contributed by atoms with Crippen molar-refractivity contribution in [2.45, 2.75) is 73.5 Å². The van der Waals surface area contributed by atoms with E-state index in [1.807, 2.05) is 0 Å². The maximum absolute atomic E-state index is 13.3. The van der Waals surface area contributed by atoms with E-state index in [4.69, 9.17) is 0 Å². The average Bonchev–Trinajstić information content (AvgIpc) is 3.05. The van der Waals surface area contributed by atoms with Gasteiger partial charge in [0.2, 0.25) is 0 Å². The smallest absolute Gasteiger partial charge is 0.160 e. The van der Waals surface area contributed by atoms with E-state index in [2.05, 4.69) is 89.7 Å². The normalized spacial score (nSPS) is 25.9. The zero-order chi connectivity index (χ0) is 24.6. The topological polar surface area (TPSA) is 43.8 Å². The van der Waals surface area contributed by atoms with E-state index in [-0.39, 0.29) is 17.1 Å². The van der Waals surface area contributed by atoms with Crippen LogP contribution in [0.3, 0.4) is 0 Å². The molecule has 1 N–H and O–H groups in total. The summed E-state index contributed by atoms with van der Waals surface area (Å²) < 4.78 is 0. The average molecular weight is 455 g/mol. The van der Waals surface area contributed by atoms with Crippen LogP contribution in [-0.4, -0.2) is 60.5 Å². The molecule has 2 aliphatic carbocycles. The minimum Gasteiger partial charge on any atom is -0.391 e. The second-order valence-corrected chi connectivity index (χ2v) is 12.0. The first-order valence-corrected chi connectivity index (χ1v) is 12.8. The molecule has 4 heteroatoms. The highest BCUT2D eigenvalue weighted by Gasteiger charge is 2.56. The molecule has 1 saturated carbocycles. The Labute approximate surface area is 202 Å². The zero-order valence-corrected chi connectivity index (χ0v) is 22.2. The lowest BCUT2D eigenvalue weighted by Crippen LogP contribution is -2.50. The first-order valence-electron chi connectivity index (χ1n) is 12.8. The van der Waals surface area contributed by atoms with Crippen LogP contribution in [-0.2, 0) is 11.3 Å². The number of ketones is 1. The number of carbonyl (C=O) groups is 1. The van der Waals surface area contributed by atoms with Crippen LogP contribution >= 0.6 is 0 Å². The second kappa shape index (κ2) is 10.0. The van der Waals surface area contributed by atoms with Crippen LogP contribution in [0.2, 0.25) is 0 Å². The molecule has 3 unspecified atom stereocenters. The highest BCUT2D eigenvalue weighted by Crippen LogP contribution is 2.60. The molecule has 33 heavy (non-hydrogen) atoms. The van der Waals surface area contributed by atoms with Crippen LogP contribution in [0.25, 0.3) is 0 Å². The highest BCUT2D eigenvalue weighted by molar-refractivity contribution is 6.00. The fourth-order valence-electron chi connectivity index (χ4n) is 5.98. The van der Waals surface area contributed by atoms with Gasteiger partial charge in [0, 0.05) is 38.0 Å². The van der Waals surface area contributed by atoms with E-state index in [1.54, 1.807) is 0 Å². The van der Waals surface area contributed by atoms with Crippen molar-refractivity contribution >= 4 is 5.78 Å². The van der Waals surface area contributed by atoms with E-state index in [1.165, 1.54) is 16.7 Å². The molecule has 4 nitrogen and oxygen atoms in total. The molecular formula is C29H46N2O2. The van der Waals surface area contributed by atoms with E-state index >= 15 is 0 Å². The molecule has 0 bridgehead atoms. The van der Waals surface area contributed by atoms with Crippen LogP contribution in [0, 0.1) is 29.6 Å². The Hall–Kier alpha value is -1.49. The molecule has 0 aromatic heterocycles. The number of rotatable bonds is 9. The molecule has 3 rings (SSSR count). The first kappa shape index (κ1) is 26.1. The summed E-state index contributed by atoms with van der Waals surface area (Å²) in [5, 5.41) is 11.9. The predicted molar refractivity (Wildman–Crippen MR) is 137 cm³/mol. The van der Waals surface area contributed by atoms with E-state index in [0.29, 0.717) is 18.9 Å². The molecule has 0 heterocycles. The van der Waals surface area contributed by atoms with Crippen molar-refractivity contribution in [3.63, 3.8) is 0 Å². The molecule has 1 aromatic rings. The van der Waals surface area contributed by atoms with Crippen LogP contribution in [0.15, 0.2) is 35.4 Å². The summed E-state index contributed by atoms with van der Waals surface area (Å²) in [6.07, 6.45) is 1.88. The highest BCUT2D eigenvalue weighted by atomic mass is 16.3. The van der Waals surface area contributed by atoms with Gasteiger partial charge < -0.3 is 10.0 Å². The number of benzene rings is 1. The standard InChI is InChI=1S/C29H46N2O2/c1-20(2)26-24(32)17-29(14-13-28(5,6)22(4)27(26)29)25(33)19-31(16-15-30(7)8)18-23-11-9-21(3)10-12-23/h9-12,20,22,25,33H,13-19H2,1-8H3. The van der Waals surface area contributed by atoms with Gasteiger partial charge in [-0.1, -0.05) is 70.0 Å². The summed E-state index contributed by atoms with van der Waals surface area (Å²) in [5.74, 6) is 0.773. The molecule has 0 saturated heterocycles. The Morgan fingerprint density at radius 2 is 1.73 bits per heavy atom. The molecule has 184 valence electrons. The van der Waals surface area contributed by atoms with Crippen molar-refractivity contribution in [3.05, 3.63) is 46.5 Å². The fraction of sp³-hybridized carbons (Fsp3) is 0.690. The third-order valence-electron chi connectivity index (χ3n) is 8.46. The minimum absolute atomic E-state index is 0.149. The van der Waals surface area contributed by atoms with Crippen molar-refractivity contribution in [1.29, 1.82) is 0 Å². The Balaban J connectivity index is 1.91. The maximum Gasteiger partial charge on any atom is 0.160 e. The number of aliphatic hydroxyl groups excluding tert-OH is 1. The molecule has 0 radical (unpaired) electrons. The van der Waals surface area contributed by atoms with Gasteiger partial charge in [-0.15, -0.1) is 0 Å². The number of carbonyl (C=O) groups excluding carboxylic acids is 1. The Morgan fingerprint density at radius 1 is 1.09 bits per heavy atom. The van der Waals surface area contributed by atoms with Crippen LogP contribution in [0.5, 0.6) is 0 Å². The molecular weight excluding hydrogens is 408 g/mol. The van der Waals surface area contributed by atoms with Gasteiger partial charge in [0.1, 0.15) is 0 Å². The number of nitrogens with zero attached hydrogens (tertiary/aromatic N) is 2. The number of hydrogen-bond acceptors (Lipinski definition) is 4. The lowest BCUT2D eigenvalue weighted by atomic mass is 9.55. The maximum atomic E-state index is 13.3. The van der Waals surface area contributed by atoms with Crippen molar-refractivity contribution in [3.8, 4) is 0 Å². The first-order chi connectivity index (χ1) is 15.4. The Morgan fingerprint density at radius 3 is 2.30 bits per heavy atom. The Kier molecular flexibility index (Phi) is 7.93. The monoisotopic (exact) mass is 454 g/mol. The Bertz CT molecular complexity index is 868. The number of aryl methyl sites for hydroxylation is 1. The summed E-state index contributed by atoms with van der Waals surface area (Å²) in [5.41, 5.74) is 4.55. The zero-order valence-electron chi connectivity index (χ0n) is 22.2.